The van der Waals surface area contributed by atoms with Gasteiger partial charge < -0.3 is 9.80 Å². The number of hydrogen-bond acceptors (Lipinski definition) is 2. The Bertz CT molecular complexity index is 270. The molecule has 1 heterocycles. The molecule has 1 aliphatic rings. The Morgan fingerprint density at radius 1 is 0.933 bits per heavy atom. The zero-order valence-electron chi connectivity index (χ0n) is 9.47. The molecule has 1 aliphatic heterocycles. The van der Waals surface area contributed by atoms with Crippen molar-refractivity contribution in [3.05, 3.63) is 12.4 Å². The van der Waals surface area contributed by atoms with Gasteiger partial charge in [0.2, 0.25) is 0 Å². The number of urea groups is 2. The van der Waals surface area contributed by atoms with Gasteiger partial charge in [-0.15, -0.1) is 0 Å². The maximum Gasteiger partial charge on any atom is 0.325 e. The number of amides is 4. The smallest absolute Gasteiger partial charge is 0.325 e. The van der Waals surface area contributed by atoms with Crippen molar-refractivity contribution in [2.24, 2.45) is 0 Å². The zero-order valence-corrected chi connectivity index (χ0v) is 9.47. The van der Waals surface area contributed by atoms with Gasteiger partial charge in [-0.05, 0) is 0 Å². The second-order valence-electron chi connectivity index (χ2n) is 3.73. The molecule has 0 fully saturated rings. The predicted molar refractivity (Wildman–Crippen MR) is 55.9 cm³/mol. The Labute approximate surface area is 89.3 Å². The van der Waals surface area contributed by atoms with E-state index in [4.69, 9.17) is 0 Å². The number of rotatable bonds is 0. The molecule has 0 N–H and O–H groups in total. The van der Waals surface area contributed by atoms with Crippen molar-refractivity contribution in [2.75, 3.05) is 34.9 Å². The zero-order chi connectivity index (χ0) is 11.6. The third-order valence-corrected chi connectivity index (χ3v) is 1.99. The Kier molecular flexibility index (Phi) is 3.18. The summed E-state index contributed by atoms with van der Waals surface area (Å²) in [5, 5.41) is 0. The largest absolute Gasteiger partial charge is 0.330 e. The first kappa shape index (κ1) is 11.4. The third kappa shape index (κ3) is 2.39. The maximum absolute atomic E-state index is 11.5. The summed E-state index contributed by atoms with van der Waals surface area (Å²) in [6.07, 6.45) is 3.20. The number of carbonyl (C=O) groups excluding carboxylic acids is 2. The molecule has 15 heavy (non-hydrogen) atoms. The van der Waals surface area contributed by atoms with E-state index >= 15 is 0 Å². The molecule has 0 aromatic carbocycles. The fraction of sp³-hybridized carbons (Fsp3) is 0.556. The molecule has 0 bridgehead atoms. The van der Waals surface area contributed by atoms with Gasteiger partial charge in [-0.2, -0.15) is 0 Å². The summed E-state index contributed by atoms with van der Waals surface area (Å²) in [5.41, 5.74) is 0. The Balaban J connectivity index is 2.58. The molecule has 0 radical (unpaired) electrons. The molecule has 0 atom stereocenters. The summed E-state index contributed by atoms with van der Waals surface area (Å²) >= 11 is 0. The Hall–Kier alpha value is -1.72. The molecule has 0 unspecified atom stereocenters. The molecule has 0 aliphatic carbocycles. The van der Waals surface area contributed by atoms with Crippen LogP contribution in [0.25, 0.3) is 0 Å². The van der Waals surface area contributed by atoms with E-state index in [9.17, 15) is 9.59 Å². The second kappa shape index (κ2) is 4.20. The minimum absolute atomic E-state index is 0.139. The topological polar surface area (TPSA) is 47.1 Å². The van der Waals surface area contributed by atoms with Crippen LogP contribution in [0, 0.1) is 0 Å². The van der Waals surface area contributed by atoms with Crippen molar-refractivity contribution < 1.29 is 9.59 Å². The van der Waals surface area contributed by atoms with Crippen LogP contribution < -0.4 is 0 Å². The Morgan fingerprint density at radius 3 is 1.53 bits per heavy atom. The van der Waals surface area contributed by atoms with Gasteiger partial charge in [0.05, 0.1) is 0 Å². The fourth-order valence-corrected chi connectivity index (χ4v) is 1.18. The van der Waals surface area contributed by atoms with Gasteiger partial charge in [0.25, 0.3) is 0 Å². The van der Waals surface area contributed by atoms with Gasteiger partial charge in [-0.3, -0.25) is 9.80 Å². The van der Waals surface area contributed by atoms with Crippen LogP contribution in [0.4, 0.5) is 9.59 Å². The lowest BCUT2D eigenvalue weighted by molar-refractivity contribution is 0.165. The van der Waals surface area contributed by atoms with Gasteiger partial charge in [-0.25, -0.2) is 9.59 Å². The molecule has 84 valence electrons. The van der Waals surface area contributed by atoms with E-state index in [1.54, 1.807) is 40.6 Å². The SMILES string of the molecule is CN(C)C(=O)N1C=CN(C(=O)N(C)C)C1. The minimum Gasteiger partial charge on any atom is -0.330 e. The van der Waals surface area contributed by atoms with Crippen LogP contribution in [0.1, 0.15) is 0 Å². The predicted octanol–water partition coefficient (Wildman–Crippen LogP) is 0.396. The molecule has 0 aromatic rings. The van der Waals surface area contributed by atoms with Gasteiger partial charge in [-0.1, -0.05) is 0 Å². The molecule has 1 rings (SSSR count). The molecule has 4 amide bonds. The first-order chi connectivity index (χ1) is 6.93. The Morgan fingerprint density at radius 2 is 1.27 bits per heavy atom. The molecular weight excluding hydrogens is 196 g/mol. The number of hydrogen-bond donors (Lipinski definition) is 0. The first-order valence-corrected chi connectivity index (χ1v) is 4.57. The summed E-state index contributed by atoms with van der Waals surface area (Å²) in [5.74, 6) is 0. The lowest BCUT2D eigenvalue weighted by Gasteiger charge is -2.23. The summed E-state index contributed by atoms with van der Waals surface area (Å²) in [6, 6.07) is -0.277. The average molecular weight is 212 g/mol. The van der Waals surface area contributed by atoms with Crippen molar-refractivity contribution in [3.8, 4) is 0 Å². The van der Waals surface area contributed by atoms with Crippen LogP contribution in [0.2, 0.25) is 0 Å². The standard InChI is InChI=1S/C9H16N4O2/c1-10(2)8(14)12-5-6-13(7-12)9(15)11(3)4/h5-6H,7H2,1-4H3. The van der Waals surface area contributed by atoms with Gasteiger partial charge in [0.1, 0.15) is 6.67 Å². The number of nitrogens with zero attached hydrogens (tertiary/aromatic N) is 4. The van der Waals surface area contributed by atoms with E-state index in [2.05, 4.69) is 0 Å². The first-order valence-electron chi connectivity index (χ1n) is 4.57. The molecular formula is C9H16N4O2. The summed E-state index contributed by atoms with van der Waals surface area (Å²) < 4.78 is 0. The van der Waals surface area contributed by atoms with E-state index in [-0.39, 0.29) is 18.7 Å². The van der Waals surface area contributed by atoms with E-state index in [1.165, 1.54) is 19.6 Å². The van der Waals surface area contributed by atoms with E-state index in [0.29, 0.717) is 0 Å². The fourth-order valence-electron chi connectivity index (χ4n) is 1.18. The monoisotopic (exact) mass is 212 g/mol. The van der Waals surface area contributed by atoms with Crippen molar-refractivity contribution in [1.82, 2.24) is 19.6 Å². The van der Waals surface area contributed by atoms with E-state index in [0.717, 1.165) is 0 Å². The van der Waals surface area contributed by atoms with E-state index in [1.807, 2.05) is 0 Å². The van der Waals surface area contributed by atoms with Crippen LogP contribution in [0.5, 0.6) is 0 Å². The summed E-state index contributed by atoms with van der Waals surface area (Å²) in [7, 11) is 6.69. The third-order valence-electron chi connectivity index (χ3n) is 1.99. The quantitative estimate of drug-likeness (QED) is 0.583. The molecule has 0 spiro atoms. The van der Waals surface area contributed by atoms with Gasteiger partial charge >= 0.3 is 12.1 Å². The van der Waals surface area contributed by atoms with E-state index < -0.39 is 0 Å². The van der Waals surface area contributed by atoms with Crippen LogP contribution in [0.3, 0.4) is 0 Å². The molecule has 0 saturated carbocycles. The van der Waals surface area contributed by atoms with Gasteiger partial charge in [0.15, 0.2) is 0 Å². The van der Waals surface area contributed by atoms with Crippen LogP contribution >= 0.6 is 0 Å². The number of carbonyl (C=O) groups is 2. The van der Waals surface area contributed by atoms with Crippen LogP contribution in [-0.4, -0.2) is 66.5 Å². The van der Waals surface area contributed by atoms with Crippen molar-refractivity contribution in [3.63, 3.8) is 0 Å². The average Bonchev–Trinajstić information content (AvgIpc) is 2.63. The molecule has 6 heteroatoms. The highest BCUT2D eigenvalue weighted by Gasteiger charge is 2.24. The molecule has 0 aromatic heterocycles. The molecule has 6 nitrogen and oxygen atoms in total. The highest BCUT2D eigenvalue weighted by atomic mass is 16.2. The second-order valence-corrected chi connectivity index (χ2v) is 3.73. The van der Waals surface area contributed by atoms with Crippen LogP contribution in [0.15, 0.2) is 12.4 Å². The van der Waals surface area contributed by atoms with Crippen molar-refractivity contribution >= 4 is 12.1 Å². The van der Waals surface area contributed by atoms with Gasteiger partial charge in [0, 0.05) is 40.6 Å². The lowest BCUT2D eigenvalue weighted by atomic mass is 10.7. The molecule has 0 saturated heterocycles. The summed E-state index contributed by atoms with van der Waals surface area (Å²) in [4.78, 5) is 28.9. The lowest BCUT2D eigenvalue weighted by Crippen LogP contribution is -2.41. The van der Waals surface area contributed by atoms with Crippen molar-refractivity contribution in [1.29, 1.82) is 0 Å². The normalized spacial score (nSPS) is 14.4. The van der Waals surface area contributed by atoms with Crippen molar-refractivity contribution in [2.45, 2.75) is 0 Å². The highest BCUT2D eigenvalue weighted by Crippen LogP contribution is 2.09. The summed E-state index contributed by atoms with van der Waals surface area (Å²) in [6.45, 7) is 0.272. The highest BCUT2D eigenvalue weighted by molar-refractivity contribution is 5.79. The maximum atomic E-state index is 11.5. The minimum atomic E-state index is -0.139. The van der Waals surface area contributed by atoms with Crippen LogP contribution in [-0.2, 0) is 0 Å².